The zero-order valence-electron chi connectivity index (χ0n) is 18.8. The second-order valence-corrected chi connectivity index (χ2v) is 9.48. The number of nitrogens with one attached hydrogen (secondary N) is 1. The van der Waals surface area contributed by atoms with Gasteiger partial charge in [0, 0.05) is 42.7 Å². The Morgan fingerprint density at radius 1 is 1.15 bits per heavy atom. The van der Waals surface area contributed by atoms with Crippen LogP contribution < -0.4 is 14.8 Å². The van der Waals surface area contributed by atoms with E-state index in [1.54, 1.807) is 32.2 Å². The van der Waals surface area contributed by atoms with Gasteiger partial charge in [-0.25, -0.2) is 0 Å². The number of aliphatic imine (C=N–C) groups is 1. The molecule has 1 heterocycles. The van der Waals surface area contributed by atoms with Crippen LogP contribution in [0.5, 0.6) is 11.5 Å². The minimum atomic E-state index is -1.02. The number of amidine groups is 1. The normalized spacial score (nSPS) is 26.2. The highest BCUT2D eigenvalue weighted by Crippen LogP contribution is 2.42. The number of carbonyl (C=O) groups excluding carboxylic acids is 1. The molecule has 0 spiro atoms. The van der Waals surface area contributed by atoms with Crippen LogP contribution in [0.1, 0.15) is 12.0 Å². The molecule has 0 saturated heterocycles. The Kier molecular flexibility index (Phi) is 7.11. The Labute approximate surface area is 197 Å². The Bertz CT molecular complexity index is 996. The predicted octanol–water partition coefficient (Wildman–Crippen LogP) is 2.36. The predicted molar refractivity (Wildman–Crippen MR) is 129 cm³/mol. The number of hydrogen-bond donors (Lipinski definition) is 3. The van der Waals surface area contributed by atoms with Crippen molar-refractivity contribution in [1.29, 1.82) is 0 Å². The van der Waals surface area contributed by atoms with Crippen molar-refractivity contribution in [2.24, 2.45) is 10.9 Å². The number of nitrogens with zero attached hydrogens (tertiary/aromatic N) is 2. The van der Waals surface area contributed by atoms with Gasteiger partial charge in [0.1, 0.15) is 17.6 Å². The Balaban J connectivity index is 1.51. The minimum absolute atomic E-state index is 0.0631. The summed E-state index contributed by atoms with van der Waals surface area (Å²) < 4.78 is 10.6. The minimum Gasteiger partial charge on any atom is -0.497 e. The first-order valence-electron chi connectivity index (χ1n) is 10.8. The van der Waals surface area contributed by atoms with Gasteiger partial charge in [0.2, 0.25) is 5.91 Å². The SMILES string of the molecule is COc1cc(NC2=N[C@H]3[C@@H](O)[C@H](O)C[C@H](C(=O)N(C)Cc4ccccc4)[C@H]3S2)cc(OC)c1. The van der Waals surface area contributed by atoms with Crippen molar-refractivity contribution in [3.05, 3.63) is 54.1 Å². The number of aliphatic hydroxyl groups is 2. The fraction of sp³-hybridized carbons (Fsp3) is 0.417. The second kappa shape index (κ2) is 10.0. The third kappa shape index (κ3) is 5.10. The molecule has 0 radical (unpaired) electrons. The summed E-state index contributed by atoms with van der Waals surface area (Å²) in [5, 5.41) is 24.6. The van der Waals surface area contributed by atoms with E-state index in [2.05, 4.69) is 10.3 Å². The van der Waals surface area contributed by atoms with Gasteiger partial charge < -0.3 is 29.9 Å². The van der Waals surface area contributed by atoms with Crippen molar-refractivity contribution in [1.82, 2.24) is 4.90 Å². The maximum absolute atomic E-state index is 13.3. The maximum Gasteiger partial charge on any atom is 0.227 e. The van der Waals surface area contributed by atoms with Crippen molar-refractivity contribution in [3.63, 3.8) is 0 Å². The molecule has 1 aliphatic carbocycles. The lowest BCUT2D eigenvalue weighted by molar-refractivity contribution is -0.139. The van der Waals surface area contributed by atoms with Crippen LogP contribution in [-0.4, -0.2) is 71.0 Å². The summed E-state index contributed by atoms with van der Waals surface area (Å²) >= 11 is 1.42. The first-order valence-corrected chi connectivity index (χ1v) is 11.7. The van der Waals surface area contributed by atoms with Gasteiger partial charge >= 0.3 is 0 Å². The van der Waals surface area contributed by atoms with Gasteiger partial charge in [0.25, 0.3) is 0 Å². The lowest BCUT2D eigenvalue weighted by Crippen LogP contribution is -2.54. The van der Waals surface area contributed by atoms with Crippen LogP contribution in [0, 0.1) is 5.92 Å². The number of rotatable bonds is 6. The summed E-state index contributed by atoms with van der Waals surface area (Å²) in [4.78, 5) is 19.7. The summed E-state index contributed by atoms with van der Waals surface area (Å²) in [5.74, 6) is 0.731. The quantitative estimate of drug-likeness (QED) is 0.594. The number of aliphatic hydroxyl groups excluding tert-OH is 2. The highest BCUT2D eigenvalue weighted by Gasteiger charge is 2.50. The Morgan fingerprint density at radius 3 is 2.45 bits per heavy atom. The van der Waals surface area contributed by atoms with E-state index in [0.29, 0.717) is 23.2 Å². The Hall–Kier alpha value is -2.75. The van der Waals surface area contributed by atoms with Gasteiger partial charge in [0.15, 0.2) is 5.17 Å². The summed E-state index contributed by atoms with van der Waals surface area (Å²) in [7, 11) is 4.92. The molecule has 2 aromatic rings. The van der Waals surface area contributed by atoms with Crippen molar-refractivity contribution in [3.8, 4) is 11.5 Å². The topological polar surface area (TPSA) is 104 Å². The van der Waals surface area contributed by atoms with Gasteiger partial charge in [-0.15, -0.1) is 0 Å². The molecule has 8 nitrogen and oxygen atoms in total. The van der Waals surface area contributed by atoms with Crippen LogP contribution in [0.4, 0.5) is 5.69 Å². The average Bonchev–Trinajstić information content (AvgIpc) is 3.25. The number of hydrogen-bond acceptors (Lipinski definition) is 8. The van der Waals surface area contributed by atoms with E-state index in [1.807, 2.05) is 42.5 Å². The van der Waals surface area contributed by atoms with Crippen molar-refractivity contribution >= 4 is 28.5 Å². The molecule has 3 N–H and O–H groups in total. The zero-order chi connectivity index (χ0) is 23.5. The van der Waals surface area contributed by atoms with Gasteiger partial charge in [-0.1, -0.05) is 42.1 Å². The lowest BCUT2D eigenvalue weighted by Gasteiger charge is -2.38. The molecule has 33 heavy (non-hydrogen) atoms. The van der Waals surface area contributed by atoms with E-state index in [-0.39, 0.29) is 17.6 Å². The van der Waals surface area contributed by atoms with Crippen LogP contribution >= 0.6 is 11.8 Å². The molecule has 4 rings (SSSR count). The van der Waals surface area contributed by atoms with Crippen LogP contribution in [-0.2, 0) is 11.3 Å². The number of methoxy groups -OCH3 is 2. The second-order valence-electron chi connectivity index (χ2n) is 8.31. The number of benzene rings is 2. The number of ether oxygens (including phenoxy) is 2. The molecule has 1 aliphatic heterocycles. The molecule has 1 amide bonds. The number of amides is 1. The monoisotopic (exact) mass is 471 g/mol. The molecular formula is C24H29N3O5S. The van der Waals surface area contributed by atoms with Gasteiger partial charge in [-0.05, 0) is 12.0 Å². The summed E-state index contributed by atoms with van der Waals surface area (Å²) in [6.07, 6.45) is -1.83. The molecule has 5 atom stereocenters. The third-order valence-corrected chi connectivity index (χ3v) is 7.36. The average molecular weight is 472 g/mol. The summed E-state index contributed by atoms with van der Waals surface area (Å²) in [6, 6.07) is 14.6. The third-order valence-electron chi connectivity index (χ3n) is 6.05. The van der Waals surface area contributed by atoms with E-state index in [4.69, 9.17) is 9.47 Å². The van der Waals surface area contributed by atoms with Gasteiger partial charge in [-0.2, -0.15) is 0 Å². The van der Waals surface area contributed by atoms with Gasteiger partial charge in [-0.3, -0.25) is 9.79 Å². The number of anilines is 1. The van der Waals surface area contributed by atoms with E-state index in [0.717, 1.165) is 11.3 Å². The first-order chi connectivity index (χ1) is 15.9. The Morgan fingerprint density at radius 2 is 1.82 bits per heavy atom. The smallest absolute Gasteiger partial charge is 0.227 e. The standard InChI is InChI=1S/C24H29N3O5S/c1-27(13-14-7-5-4-6-8-14)23(30)18-12-19(28)21(29)20-22(18)33-24(26-20)25-15-9-16(31-2)11-17(10-15)32-3/h4-11,18-22,28-29H,12-13H2,1-3H3,(H,25,26)/t18-,19+,20-,21-,22+/m0/s1. The van der Waals surface area contributed by atoms with Crippen LogP contribution in [0.2, 0.25) is 0 Å². The largest absolute Gasteiger partial charge is 0.497 e. The molecule has 2 aliphatic rings. The fourth-order valence-electron chi connectivity index (χ4n) is 4.31. The fourth-order valence-corrected chi connectivity index (χ4v) is 5.68. The van der Waals surface area contributed by atoms with Gasteiger partial charge in [0.05, 0.1) is 32.3 Å². The maximum atomic E-state index is 13.3. The molecule has 0 bridgehead atoms. The van der Waals surface area contributed by atoms with E-state index in [1.165, 1.54) is 11.8 Å². The van der Waals surface area contributed by atoms with E-state index >= 15 is 0 Å². The number of fused-ring (bicyclic) bond motifs is 1. The van der Waals surface area contributed by atoms with Crippen LogP contribution in [0.25, 0.3) is 0 Å². The van der Waals surface area contributed by atoms with Crippen LogP contribution in [0.15, 0.2) is 53.5 Å². The highest BCUT2D eigenvalue weighted by molar-refractivity contribution is 8.15. The van der Waals surface area contributed by atoms with Crippen molar-refractivity contribution < 1.29 is 24.5 Å². The first kappa shape index (κ1) is 23.4. The van der Waals surface area contributed by atoms with Crippen molar-refractivity contribution in [2.75, 3.05) is 26.6 Å². The van der Waals surface area contributed by atoms with Crippen LogP contribution in [0.3, 0.4) is 0 Å². The highest BCUT2D eigenvalue weighted by atomic mass is 32.2. The molecular weight excluding hydrogens is 442 g/mol. The molecule has 0 unspecified atom stereocenters. The molecule has 1 fully saturated rings. The lowest BCUT2D eigenvalue weighted by atomic mass is 9.80. The zero-order valence-corrected chi connectivity index (χ0v) is 19.7. The molecule has 1 saturated carbocycles. The molecule has 2 aromatic carbocycles. The van der Waals surface area contributed by atoms with Crippen molar-refractivity contribution in [2.45, 2.75) is 36.5 Å². The number of thioether (sulfide) groups is 1. The van der Waals surface area contributed by atoms with E-state index in [9.17, 15) is 15.0 Å². The number of carbonyl (C=O) groups is 1. The van der Waals surface area contributed by atoms with E-state index < -0.39 is 24.2 Å². The molecule has 176 valence electrons. The summed E-state index contributed by atoms with van der Waals surface area (Å²) in [5.41, 5.74) is 1.75. The summed E-state index contributed by atoms with van der Waals surface area (Å²) in [6.45, 7) is 0.479. The molecule has 0 aromatic heterocycles. The molecule has 9 heteroatoms.